The molecule has 1 atom stereocenters. The first kappa shape index (κ1) is 10.8. The van der Waals surface area contributed by atoms with Crippen LogP contribution in [0.2, 0.25) is 0 Å². The first-order chi connectivity index (χ1) is 7.90. The van der Waals surface area contributed by atoms with E-state index < -0.39 is 0 Å². The number of nitrogens with zero attached hydrogens (tertiary/aromatic N) is 3. The van der Waals surface area contributed by atoms with Gasteiger partial charge in [-0.2, -0.15) is 10.4 Å². The van der Waals surface area contributed by atoms with Gasteiger partial charge in [-0.15, -0.1) is 5.10 Å². The second-order valence-corrected chi connectivity index (χ2v) is 3.48. The van der Waals surface area contributed by atoms with Gasteiger partial charge in [0.1, 0.15) is 6.07 Å². The summed E-state index contributed by atoms with van der Waals surface area (Å²) in [5, 5.41) is 22.8. The molecule has 1 unspecified atom stereocenters. The first-order valence-electron chi connectivity index (χ1n) is 5.18. The van der Waals surface area contributed by atoms with E-state index in [1.165, 1.54) is 6.20 Å². The van der Waals surface area contributed by atoms with Crippen LogP contribution in [-0.2, 0) is 4.74 Å². The topological polar surface area (TPSA) is 82.9 Å². The van der Waals surface area contributed by atoms with Gasteiger partial charge in [0.15, 0.2) is 5.82 Å². The molecular weight excluding hydrogens is 206 g/mol. The average Bonchev–Trinajstić information content (AvgIpc) is 2.38. The smallest absolute Gasteiger partial charge is 0.166 e. The summed E-state index contributed by atoms with van der Waals surface area (Å²) < 4.78 is 5.52. The summed E-state index contributed by atoms with van der Waals surface area (Å²) >= 11 is 0. The lowest BCUT2D eigenvalue weighted by atomic mass is 10.2. The molecular formula is C10H13N5O. The number of nitriles is 1. The second kappa shape index (κ2) is 5.39. The van der Waals surface area contributed by atoms with E-state index >= 15 is 0 Å². The Kier molecular flexibility index (Phi) is 3.64. The van der Waals surface area contributed by atoms with Gasteiger partial charge in [0.2, 0.25) is 0 Å². The molecule has 84 valence electrons. The van der Waals surface area contributed by atoms with Gasteiger partial charge in [0.25, 0.3) is 0 Å². The lowest BCUT2D eigenvalue weighted by Crippen LogP contribution is -2.42. The molecule has 1 aliphatic heterocycles. The fourth-order valence-corrected chi connectivity index (χ4v) is 1.51. The molecule has 1 aromatic heterocycles. The van der Waals surface area contributed by atoms with Gasteiger partial charge in [-0.3, -0.25) is 0 Å². The maximum Gasteiger partial charge on any atom is 0.166 e. The number of anilines is 1. The van der Waals surface area contributed by atoms with Gasteiger partial charge in [0.05, 0.1) is 24.5 Å². The summed E-state index contributed by atoms with van der Waals surface area (Å²) in [6.45, 7) is 3.05. The summed E-state index contributed by atoms with van der Waals surface area (Å²) in [5.41, 5.74) is 0.499. The predicted octanol–water partition coefficient (Wildman–Crippen LogP) is -0.251. The zero-order chi connectivity index (χ0) is 11.2. The molecule has 0 spiro atoms. The van der Waals surface area contributed by atoms with Crippen molar-refractivity contribution in [3.05, 3.63) is 17.8 Å². The van der Waals surface area contributed by atoms with E-state index in [0.717, 1.165) is 19.7 Å². The summed E-state index contributed by atoms with van der Waals surface area (Å²) in [5.74, 6) is 0.513. The van der Waals surface area contributed by atoms with Crippen molar-refractivity contribution >= 4 is 5.82 Å². The highest BCUT2D eigenvalue weighted by Gasteiger charge is 2.13. The van der Waals surface area contributed by atoms with E-state index in [0.29, 0.717) is 17.9 Å². The molecule has 16 heavy (non-hydrogen) atoms. The molecule has 6 heteroatoms. The fraction of sp³-hybridized carbons (Fsp3) is 0.500. The lowest BCUT2D eigenvalue weighted by Gasteiger charge is -2.23. The van der Waals surface area contributed by atoms with Gasteiger partial charge in [0, 0.05) is 19.6 Å². The molecule has 0 amide bonds. The number of morpholine rings is 1. The molecule has 2 N–H and O–H groups in total. The third-order valence-corrected chi connectivity index (χ3v) is 2.34. The highest BCUT2D eigenvalue weighted by atomic mass is 16.5. The van der Waals surface area contributed by atoms with Crippen LogP contribution in [0.15, 0.2) is 12.3 Å². The van der Waals surface area contributed by atoms with Crippen molar-refractivity contribution < 1.29 is 4.74 Å². The van der Waals surface area contributed by atoms with Gasteiger partial charge in [-0.1, -0.05) is 0 Å². The van der Waals surface area contributed by atoms with Crippen LogP contribution in [0.4, 0.5) is 5.82 Å². The summed E-state index contributed by atoms with van der Waals surface area (Å²) in [7, 11) is 0. The quantitative estimate of drug-likeness (QED) is 0.729. The number of aromatic nitrogens is 2. The Morgan fingerprint density at radius 1 is 1.69 bits per heavy atom. The monoisotopic (exact) mass is 219 g/mol. The Bertz CT molecular complexity index is 383. The standard InChI is InChI=1S/C10H13N5O/c11-5-8-1-2-14-15-10(8)13-7-9-6-12-3-4-16-9/h1-2,9,12H,3-4,6-7H2,(H,13,15). The molecule has 0 aliphatic carbocycles. The minimum absolute atomic E-state index is 0.113. The molecule has 0 saturated carbocycles. The Morgan fingerprint density at radius 2 is 2.62 bits per heavy atom. The van der Waals surface area contributed by atoms with E-state index in [9.17, 15) is 0 Å². The zero-order valence-corrected chi connectivity index (χ0v) is 8.81. The predicted molar refractivity (Wildman–Crippen MR) is 57.8 cm³/mol. The molecule has 2 heterocycles. The van der Waals surface area contributed by atoms with Crippen molar-refractivity contribution in [1.29, 1.82) is 5.26 Å². The molecule has 1 fully saturated rings. The maximum atomic E-state index is 8.85. The van der Waals surface area contributed by atoms with Crippen molar-refractivity contribution in [2.24, 2.45) is 0 Å². The van der Waals surface area contributed by atoms with Crippen molar-refractivity contribution in [2.45, 2.75) is 6.10 Å². The Labute approximate surface area is 93.6 Å². The number of rotatable bonds is 3. The Morgan fingerprint density at radius 3 is 3.38 bits per heavy atom. The highest BCUT2D eigenvalue weighted by Crippen LogP contribution is 2.08. The SMILES string of the molecule is N#Cc1ccnnc1NCC1CNCCO1. The number of ether oxygens (including phenoxy) is 1. The molecule has 1 aromatic rings. The van der Waals surface area contributed by atoms with Crippen LogP contribution >= 0.6 is 0 Å². The third-order valence-electron chi connectivity index (χ3n) is 2.34. The van der Waals surface area contributed by atoms with Crippen LogP contribution < -0.4 is 10.6 Å². The first-order valence-corrected chi connectivity index (χ1v) is 5.18. The average molecular weight is 219 g/mol. The zero-order valence-electron chi connectivity index (χ0n) is 8.81. The highest BCUT2D eigenvalue weighted by molar-refractivity contribution is 5.50. The lowest BCUT2D eigenvalue weighted by molar-refractivity contribution is 0.0372. The molecule has 2 rings (SSSR count). The van der Waals surface area contributed by atoms with Crippen LogP contribution in [0.1, 0.15) is 5.56 Å². The maximum absolute atomic E-state index is 8.85. The van der Waals surface area contributed by atoms with E-state index in [1.807, 2.05) is 0 Å². The normalized spacial score (nSPS) is 20.1. The number of hydrogen-bond acceptors (Lipinski definition) is 6. The van der Waals surface area contributed by atoms with Crippen LogP contribution in [0.5, 0.6) is 0 Å². The molecule has 0 radical (unpaired) electrons. The van der Waals surface area contributed by atoms with Crippen molar-refractivity contribution in [1.82, 2.24) is 15.5 Å². The van der Waals surface area contributed by atoms with Crippen LogP contribution in [0.25, 0.3) is 0 Å². The molecule has 1 aliphatic rings. The number of hydrogen-bond donors (Lipinski definition) is 2. The van der Waals surface area contributed by atoms with Crippen LogP contribution in [0, 0.1) is 11.3 Å². The fourth-order valence-electron chi connectivity index (χ4n) is 1.51. The molecule has 0 bridgehead atoms. The van der Waals surface area contributed by atoms with Gasteiger partial charge >= 0.3 is 0 Å². The largest absolute Gasteiger partial charge is 0.374 e. The third kappa shape index (κ3) is 2.66. The molecule has 1 saturated heterocycles. The Hall–Kier alpha value is -1.71. The van der Waals surface area contributed by atoms with E-state index in [2.05, 4.69) is 26.9 Å². The van der Waals surface area contributed by atoms with Crippen LogP contribution in [0.3, 0.4) is 0 Å². The van der Waals surface area contributed by atoms with Crippen molar-refractivity contribution in [3.63, 3.8) is 0 Å². The van der Waals surface area contributed by atoms with Crippen molar-refractivity contribution in [3.8, 4) is 6.07 Å². The second-order valence-electron chi connectivity index (χ2n) is 3.48. The molecule has 0 aromatic carbocycles. The molecule has 6 nitrogen and oxygen atoms in total. The van der Waals surface area contributed by atoms with E-state index in [4.69, 9.17) is 10.00 Å². The van der Waals surface area contributed by atoms with Gasteiger partial charge in [-0.25, -0.2) is 0 Å². The van der Waals surface area contributed by atoms with Crippen LogP contribution in [-0.4, -0.2) is 42.5 Å². The minimum atomic E-state index is 0.113. The van der Waals surface area contributed by atoms with Gasteiger partial charge in [-0.05, 0) is 6.07 Å². The summed E-state index contributed by atoms with van der Waals surface area (Å²) in [4.78, 5) is 0. The Balaban J connectivity index is 1.91. The van der Waals surface area contributed by atoms with Crippen molar-refractivity contribution in [2.75, 3.05) is 31.6 Å². The van der Waals surface area contributed by atoms with E-state index in [1.54, 1.807) is 6.07 Å². The number of nitrogens with one attached hydrogen (secondary N) is 2. The summed E-state index contributed by atoms with van der Waals surface area (Å²) in [6.07, 6.45) is 1.62. The van der Waals surface area contributed by atoms with Gasteiger partial charge < -0.3 is 15.4 Å². The minimum Gasteiger partial charge on any atom is -0.374 e. The van der Waals surface area contributed by atoms with E-state index in [-0.39, 0.29) is 6.10 Å². The summed E-state index contributed by atoms with van der Waals surface area (Å²) in [6, 6.07) is 3.70.